The Kier molecular flexibility index (Phi) is 5.28. The van der Waals surface area contributed by atoms with Crippen molar-refractivity contribution >= 4 is 33.3 Å². The number of hydrogen-bond donors (Lipinski definition) is 0. The van der Waals surface area contributed by atoms with E-state index in [2.05, 4.69) is 22.0 Å². The zero-order chi connectivity index (χ0) is 12.1. The van der Waals surface area contributed by atoms with Crippen molar-refractivity contribution in [3.05, 3.63) is 20.8 Å². The molecule has 1 aromatic heterocycles. The topological polar surface area (TPSA) is 23.6 Å². The monoisotopic (exact) mass is 304 g/mol. The zero-order valence-electron chi connectivity index (χ0n) is 9.86. The van der Waals surface area contributed by atoms with Crippen LogP contribution in [-0.4, -0.2) is 36.0 Å². The SMILES string of the molecule is CCN(CC)C(=O)N(C)Cc1cc(Br)cs1. The smallest absolute Gasteiger partial charge is 0.320 e. The third-order valence-electron chi connectivity index (χ3n) is 2.38. The number of amides is 2. The first-order chi connectivity index (χ1) is 7.58. The van der Waals surface area contributed by atoms with Crippen LogP contribution in [0.1, 0.15) is 18.7 Å². The van der Waals surface area contributed by atoms with Crippen molar-refractivity contribution in [1.82, 2.24) is 9.80 Å². The van der Waals surface area contributed by atoms with Crippen LogP contribution in [0.25, 0.3) is 0 Å². The van der Waals surface area contributed by atoms with Crippen molar-refractivity contribution in [2.24, 2.45) is 0 Å². The number of hydrogen-bond acceptors (Lipinski definition) is 2. The van der Waals surface area contributed by atoms with Gasteiger partial charge < -0.3 is 9.80 Å². The highest BCUT2D eigenvalue weighted by Gasteiger charge is 2.15. The summed E-state index contributed by atoms with van der Waals surface area (Å²) in [6.45, 7) is 6.18. The number of carbonyl (C=O) groups is 1. The molecule has 1 aromatic rings. The van der Waals surface area contributed by atoms with Gasteiger partial charge in [-0.1, -0.05) is 0 Å². The maximum Gasteiger partial charge on any atom is 0.320 e. The third kappa shape index (κ3) is 3.49. The highest BCUT2D eigenvalue weighted by atomic mass is 79.9. The number of urea groups is 1. The molecule has 1 rings (SSSR count). The molecular formula is C11H17BrN2OS. The molecule has 3 nitrogen and oxygen atoms in total. The lowest BCUT2D eigenvalue weighted by molar-refractivity contribution is 0.166. The van der Waals surface area contributed by atoms with E-state index in [1.807, 2.05) is 31.2 Å². The summed E-state index contributed by atoms with van der Waals surface area (Å²) in [6, 6.07) is 2.14. The number of halogens is 1. The standard InChI is InChI=1S/C11H17BrN2OS/c1-4-14(5-2)11(15)13(3)7-10-6-9(12)8-16-10/h6,8H,4-5,7H2,1-3H3. The minimum atomic E-state index is 0.0922. The van der Waals surface area contributed by atoms with Crippen molar-refractivity contribution in [2.75, 3.05) is 20.1 Å². The fourth-order valence-electron chi connectivity index (χ4n) is 1.47. The van der Waals surface area contributed by atoms with Crippen LogP contribution < -0.4 is 0 Å². The fourth-order valence-corrected chi connectivity index (χ4v) is 2.98. The molecule has 0 bridgehead atoms. The number of nitrogens with zero attached hydrogens (tertiary/aromatic N) is 2. The highest BCUT2D eigenvalue weighted by molar-refractivity contribution is 9.10. The second-order valence-corrected chi connectivity index (χ2v) is 5.45. The summed E-state index contributed by atoms with van der Waals surface area (Å²) in [5.74, 6) is 0. The Morgan fingerprint density at radius 1 is 1.44 bits per heavy atom. The molecule has 0 aliphatic rings. The van der Waals surface area contributed by atoms with Gasteiger partial charge in [-0.3, -0.25) is 0 Å². The Morgan fingerprint density at radius 3 is 2.50 bits per heavy atom. The van der Waals surface area contributed by atoms with Gasteiger partial charge >= 0.3 is 6.03 Å². The Hall–Kier alpha value is -0.550. The Labute approximate surface area is 109 Å². The first-order valence-electron chi connectivity index (χ1n) is 5.31. The molecule has 16 heavy (non-hydrogen) atoms. The van der Waals surface area contributed by atoms with Crippen molar-refractivity contribution < 1.29 is 4.79 Å². The van der Waals surface area contributed by atoms with E-state index >= 15 is 0 Å². The molecule has 2 amide bonds. The maximum absolute atomic E-state index is 12.0. The minimum Gasteiger partial charge on any atom is -0.325 e. The fraction of sp³-hybridized carbons (Fsp3) is 0.545. The zero-order valence-corrected chi connectivity index (χ0v) is 12.3. The van der Waals surface area contributed by atoms with Crippen molar-refractivity contribution in [1.29, 1.82) is 0 Å². The molecule has 0 aliphatic heterocycles. The molecule has 0 saturated heterocycles. The first-order valence-corrected chi connectivity index (χ1v) is 6.98. The van der Waals surface area contributed by atoms with Crippen LogP contribution >= 0.6 is 27.3 Å². The largest absolute Gasteiger partial charge is 0.325 e. The summed E-state index contributed by atoms with van der Waals surface area (Å²) in [5.41, 5.74) is 0. The van der Waals surface area contributed by atoms with Gasteiger partial charge in [0.15, 0.2) is 0 Å². The van der Waals surface area contributed by atoms with E-state index in [9.17, 15) is 4.79 Å². The van der Waals surface area contributed by atoms with Gasteiger partial charge in [0.05, 0.1) is 6.54 Å². The number of thiophene rings is 1. The summed E-state index contributed by atoms with van der Waals surface area (Å²) in [7, 11) is 1.84. The van der Waals surface area contributed by atoms with E-state index in [4.69, 9.17) is 0 Å². The minimum absolute atomic E-state index is 0.0922. The highest BCUT2D eigenvalue weighted by Crippen LogP contribution is 2.21. The van der Waals surface area contributed by atoms with Gasteiger partial charge in [0, 0.05) is 34.9 Å². The second-order valence-electron chi connectivity index (χ2n) is 3.54. The molecule has 0 unspecified atom stereocenters. The second kappa shape index (κ2) is 6.25. The summed E-state index contributed by atoms with van der Waals surface area (Å²) in [6.07, 6.45) is 0. The maximum atomic E-state index is 12.0. The van der Waals surface area contributed by atoms with Crippen LogP contribution in [-0.2, 0) is 6.54 Å². The Balaban J connectivity index is 2.57. The van der Waals surface area contributed by atoms with Crippen molar-refractivity contribution in [3.8, 4) is 0 Å². The van der Waals surface area contributed by atoms with E-state index in [0.717, 1.165) is 17.6 Å². The number of rotatable bonds is 4. The molecule has 0 aromatic carbocycles. The summed E-state index contributed by atoms with van der Waals surface area (Å²) in [5, 5.41) is 2.03. The summed E-state index contributed by atoms with van der Waals surface area (Å²) >= 11 is 5.07. The van der Waals surface area contributed by atoms with Crippen molar-refractivity contribution in [3.63, 3.8) is 0 Å². The third-order valence-corrected chi connectivity index (χ3v) is 4.06. The van der Waals surface area contributed by atoms with E-state index in [1.165, 1.54) is 4.88 Å². The van der Waals surface area contributed by atoms with Crippen LogP contribution in [0.2, 0.25) is 0 Å². The molecule has 1 heterocycles. The van der Waals surface area contributed by atoms with Gasteiger partial charge in [0.25, 0.3) is 0 Å². The van der Waals surface area contributed by atoms with Gasteiger partial charge in [-0.2, -0.15) is 0 Å². The molecule has 0 N–H and O–H groups in total. The lowest BCUT2D eigenvalue weighted by Gasteiger charge is -2.25. The van der Waals surface area contributed by atoms with E-state index in [1.54, 1.807) is 16.2 Å². The summed E-state index contributed by atoms with van der Waals surface area (Å²) in [4.78, 5) is 16.7. The average molecular weight is 305 g/mol. The van der Waals surface area contributed by atoms with E-state index in [-0.39, 0.29) is 6.03 Å². The quantitative estimate of drug-likeness (QED) is 0.836. The number of carbonyl (C=O) groups excluding carboxylic acids is 1. The molecule has 90 valence electrons. The normalized spacial score (nSPS) is 10.2. The van der Waals surface area contributed by atoms with E-state index < -0.39 is 0 Å². The molecule has 5 heteroatoms. The Bertz CT molecular complexity index is 350. The molecule has 0 radical (unpaired) electrons. The Morgan fingerprint density at radius 2 is 2.06 bits per heavy atom. The lowest BCUT2D eigenvalue weighted by atomic mass is 10.4. The van der Waals surface area contributed by atoms with Gasteiger partial charge in [0.1, 0.15) is 0 Å². The molecule has 0 fully saturated rings. The average Bonchev–Trinajstić information content (AvgIpc) is 2.65. The predicted octanol–water partition coefficient (Wildman–Crippen LogP) is 3.40. The predicted molar refractivity (Wildman–Crippen MR) is 71.8 cm³/mol. The molecule has 0 aliphatic carbocycles. The molecule has 0 saturated carbocycles. The van der Waals surface area contributed by atoms with Crippen LogP contribution in [0.3, 0.4) is 0 Å². The van der Waals surface area contributed by atoms with Gasteiger partial charge in [0.2, 0.25) is 0 Å². The van der Waals surface area contributed by atoms with Crippen molar-refractivity contribution in [2.45, 2.75) is 20.4 Å². The molecular weight excluding hydrogens is 288 g/mol. The lowest BCUT2D eigenvalue weighted by Crippen LogP contribution is -2.40. The van der Waals surface area contributed by atoms with Crippen LogP contribution in [0.4, 0.5) is 4.79 Å². The summed E-state index contributed by atoms with van der Waals surface area (Å²) < 4.78 is 1.08. The van der Waals surface area contributed by atoms with Crippen LogP contribution in [0.5, 0.6) is 0 Å². The van der Waals surface area contributed by atoms with Gasteiger partial charge in [-0.05, 0) is 35.8 Å². The van der Waals surface area contributed by atoms with Crippen LogP contribution in [0, 0.1) is 0 Å². The van der Waals surface area contributed by atoms with E-state index in [0.29, 0.717) is 6.54 Å². The molecule has 0 atom stereocenters. The van der Waals surface area contributed by atoms with Crippen LogP contribution in [0.15, 0.2) is 15.9 Å². The first kappa shape index (κ1) is 13.5. The molecule has 0 spiro atoms. The van der Waals surface area contributed by atoms with Gasteiger partial charge in [-0.15, -0.1) is 11.3 Å². The van der Waals surface area contributed by atoms with Gasteiger partial charge in [-0.25, -0.2) is 4.79 Å².